The van der Waals surface area contributed by atoms with E-state index in [-0.39, 0.29) is 5.97 Å². The summed E-state index contributed by atoms with van der Waals surface area (Å²) in [6.45, 7) is 7.10. The van der Waals surface area contributed by atoms with Crippen LogP contribution in [0.3, 0.4) is 0 Å². The van der Waals surface area contributed by atoms with Crippen LogP contribution < -0.4 is 0 Å². The predicted molar refractivity (Wildman–Crippen MR) is 60.3 cm³/mol. The Labute approximate surface area is 89.9 Å². The fourth-order valence-corrected chi connectivity index (χ4v) is 1.07. The maximum Gasteiger partial charge on any atom is 0.338 e. The molecule has 15 heavy (non-hydrogen) atoms. The normalized spacial score (nSPS) is 11.5. The largest absolute Gasteiger partial charge is 0.454 e. The van der Waals surface area contributed by atoms with Gasteiger partial charge in [-0.2, -0.15) is 0 Å². The lowest BCUT2D eigenvalue weighted by atomic mass is 10.2. The molecule has 0 aliphatic rings. The Balaban J connectivity index is 2.62. The summed E-state index contributed by atoms with van der Waals surface area (Å²) in [7, 11) is 0. The number of hydrogen-bond donors (Lipinski definition) is 0. The molecule has 1 rings (SSSR count). The average Bonchev–Trinajstić information content (AvgIpc) is 2.29. The first-order valence-corrected chi connectivity index (χ1v) is 4.62. The number of esters is 1. The molecule has 0 N–H and O–H groups in total. The van der Waals surface area contributed by atoms with Crippen molar-refractivity contribution in [2.75, 3.05) is 0 Å². The molecule has 0 saturated carbocycles. The maximum absolute atomic E-state index is 11.6. The third-order valence-electron chi connectivity index (χ3n) is 1.81. The first kappa shape index (κ1) is 11.2. The molecule has 1 radical (unpaired) electrons. The minimum atomic E-state index is -0.421. The molecule has 0 saturated heterocycles. The van der Waals surface area contributed by atoms with Crippen molar-refractivity contribution in [3.05, 3.63) is 67.6 Å². The summed E-state index contributed by atoms with van der Waals surface area (Å²) in [6, 6.07) is 8.83. The van der Waals surface area contributed by atoms with Crippen molar-refractivity contribution in [3.63, 3.8) is 0 Å². The van der Waals surface area contributed by atoms with Crippen molar-refractivity contribution >= 4 is 5.97 Å². The third kappa shape index (κ3) is 3.43. The van der Waals surface area contributed by atoms with Gasteiger partial charge in [-0.3, -0.25) is 0 Å². The molecule has 0 fully saturated rings. The number of benzene rings is 1. The number of hydrogen-bond acceptors (Lipinski definition) is 2. The van der Waals surface area contributed by atoms with Crippen molar-refractivity contribution in [1.29, 1.82) is 0 Å². The molecular weight excluding hydrogens is 188 g/mol. The van der Waals surface area contributed by atoms with Crippen molar-refractivity contribution in [2.45, 2.75) is 6.10 Å². The summed E-state index contributed by atoms with van der Waals surface area (Å²) in [5.74, 6) is -0.362. The number of rotatable bonds is 5. The highest BCUT2D eigenvalue weighted by molar-refractivity contribution is 5.89. The topological polar surface area (TPSA) is 26.3 Å². The van der Waals surface area contributed by atoms with E-state index in [4.69, 9.17) is 4.74 Å². The van der Waals surface area contributed by atoms with E-state index in [2.05, 4.69) is 13.2 Å². The summed E-state index contributed by atoms with van der Waals surface area (Å²) in [5, 5.41) is 0. The molecule has 1 unspecified atom stereocenters. The predicted octanol–water partition coefficient (Wildman–Crippen LogP) is 2.79. The molecule has 1 atom stereocenters. The smallest absolute Gasteiger partial charge is 0.338 e. The van der Waals surface area contributed by atoms with Crippen molar-refractivity contribution in [1.82, 2.24) is 0 Å². The zero-order valence-electron chi connectivity index (χ0n) is 8.43. The van der Waals surface area contributed by atoms with Gasteiger partial charge >= 0.3 is 5.97 Å². The molecular formula is C13H13O2. The molecule has 77 valence electrons. The molecule has 0 aliphatic carbocycles. The van der Waals surface area contributed by atoms with E-state index >= 15 is 0 Å². The highest BCUT2D eigenvalue weighted by Crippen LogP contribution is 2.06. The number of carbonyl (C=O) groups is 1. The second-order valence-electron chi connectivity index (χ2n) is 2.90. The van der Waals surface area contributed by atoms with Gasteiger partial charge in [0.2, 0.25) is 0 Å². The lowest BCUT2D eigenvalue weighted by molar-refractivity contribution is 0.0448. The van der Waals surface area contributed by atoms with E-state index in [0.717, 1.165) is 0 Å². The van der Waals surface area contributed by atoms with Crippen LogP contribution in [-0.4, -0.2) is 12.1 Å². The molecule has 0 aliphatic heterocycles. The molecule has 0 bridgehead atoms. The van der Waals surface area contributed by atoms with Gasteiger partial charge in [-0.05, 0) is 12.1 Å². The molecule has 0 heterocycles. The molecule has 1 aromatic rings. The molecule has 0 spiro atoms. The first-order valence-electron chi connectivity index (χ1n) is 4.62. The molecule has 2 nitrogen and oxygen atoms in total. The highest BCUT2D eigenvalue weighted by atomic mass is 16.5. The second kappa shape index (κ2) is 5.81. The number of carbonyl (C=O) groups excluding carboxylic acids is 1. The summed E-state index contributed by atoms with van der Waals surface area (Å²) >= 11 is 0. The van der Waals surface area contributed by atoms with Gasteiger partial charge in [-0.1, -0.05) is 36.9 Å². The Morgan fingerprint density at radius 3 is 2.47 bits per heavy atom. The molecule has 1 aromatic carbocycles. The van der Waals surface area contributed by atoms with Gasteiger partial charge in [0.25, 0.3) is 0 Å². The Bertz CT molecular complexity index is 341. The summed E-state index contributed by atoms with van der Waals surface area (Å²) in [6.07, 6.45) is 4.36. The molecule has 0 aromatic heterocycles. The third-order valence-corrected chi connectivity index (χ3v) is 1.81. The van der Waals surface area contributed by atoms with Crippen LogP contribution in [0.2, 0.25) is 0 Å². The zero-order chi connectivity index (χ0) is 11.1. The fourth-order valence-electron chi connectivity index (χ4n) is 1.07. The lowest BCUT2D eigenvalue weighted by Crippen LogP contribution is -2.15. The standard InChI is InChI=1S/C13H13O2/c1-3-8-12(4-2)15-13(14)11-9-6-5-7-10-11/h3-10,12H,1-2H2. The highest BCUT2D eigenvalue weighted by Gasteiger charge is 2.11. The van der Waals surface area contributed by atoms with Crippen LogP contribution in [0.15, 0.2) is 55.6 Å². The lowest BCUT2D eigenvalue weighted by Gasteiger charge is -2.11. The van der Waals surface area contributed by atoms with Gasteiger partial charge in [0.05, 0.1) is 5.56 Å². The first-order chi connectivity index (χ1) is 7.27. The van der Waals surface area contributed by atoms with Crippen LogP contribution in [0, 0.1) is 6.42 Å². The summed E-state index contributed by atoms with van der Waals surface area (Å²) in [4.78, 5) is 11.6. The van der Waals surface area contributed by atoms with Crippen LogP contribution in [0.4, 0.5) is 0 Å². The average molecular weight is 201 g/mol. The van der Waals surface area contributed by atoms with Crippen LogP contribution in [-0.2, 0) is 4.74 Å². The van der Waals surface area contributed by atoms with E-state index in [1.165, 1.54) is 0 Å². The fraction of sp³-hybridized carbons (Fsp3) is 0.0769. The van der Waals surface area contributed by atoms with Crippen LogP contribution in [0.25, 0.3) is 0 Å². The van der Waals surface area contributed by atoms with Gasteiger partial charge < -0.3 is 4.74 Å². The Kier molecular flexibility index (Phi) is 4.35. The Morgan fingerprint density at radius 1 is 1.27 bits per heavy atom. The van der Waals surface area contributed by atoms with Crippen molar-refractivity contribution in [3.8, 4) is 0 Å². The van der Waals surface area contributed by atoms with E-state index in [1.807, 2.05) is 6.07 Å². The van der Waals surface area contributed by atoms with E-state index in [0.29, 0.717) is 5.56 Å². The maximum atomic E-state index is 11.6. The van der Waals surface area contributed by atoms with Gasteiger partial charge in [0.15, 0.2) is 0 Å². The van der Waals surface area contributed by atoms with Gasteiger partial charge in [-0.15, -0.1) is 6.58 Å². The van der Waals surface area contributed by atoms with Crippen molar-refractivity contribution < 1.29 is 9.53 Å². The number of ether oxygens (including phenoxy) is 1. The minimum absolute atomic E-state index is 0.362. The van der Waals surface area contributed by atoms with E-state index in [9.17, 15) is 4.79 Å². The molecule has 2 heteroatoms. The summed E-state index contributed by atoms with van der Waals surface area (Å²) in [5.41, 5.74) is 0.529. The van der Waals surface area contributed by atoms with Crippen LogP contribution in [0.1, 0.15) is 10.4 Å². The van der Waals surface area contributed by atoms with Crippen molar-refractivity contribution in [2.24, 2.45) is 0 Å². The van der Waals surface area contributed by atoms with Gasteiger partial charge in [0, 0.05) is 6.42 Å². The van der Waals surface area contributed by atoms with Gasteiger partial charge in [0.1, 0.15) is 6.10 Å². The minimum Gasteiger partial charge on any atom is -0.454 e. The van der Waals surface area contributed by atoms with Crippen LogP contribution in [0.5, 0.6) is 0 Å². The Hall–Kier alpha value is -1.83. The zero-order valence-corrected chi connectivity index (χ0v) is 8.43. The SMILES string of the molecule is C=C[CH]C(C=C)OC(=O)c1ccccc1. The summed E-state index contributed by atoms with van der Waals surface area (Å²) < 4.78 is 5.14. The van der Waals surface area contributed by atoms with E-state index in [1.54, 1.807) is 42.8 Å². The van der Waals surface area contributed by atoms with Crippen LogP contribution >= 0.6 is 0 Å². The second-order valence-corrected chi connectivity index (χ2v) is 2.90. The molecule has 0 amide bonds. The Morgan fingerprint density at radius 2 is 1.93 bits per heavy atom. The monoisotopic (exact) mass is 201 g/mol. The quantitative estimate of drug-likeness (QED) is 0.541. The van der Waals surface area contributed by atoms with Gasteiger partial charge in [-0.25, -0.2) is 4.79 Å². The van der Waals surface area contributed by atoms with E-state index < -0.39 is 6.10 Å².